The van der Waals surface area contributed by atoms with Crippen molar-refractivity contribution in [3.05, 3.63) is 71.9 Å². The van der Waals surface area contributed by atoms with Crippen LogP contribution in [0.4, 0.5) is 5.69 Å². The van der Waals surface area contributed by atoms with Crippen molar-refractivity contribution in [2.75, 3.05) is 26.3 Å². The second-order valence-electron chi connectivity index (χ2n) is 9.04. The number of halogens is 1. The summed E-state index contributed by atoms with van der Waals surface area (Å²) in [7, 11) is 3.27. The number of benzene rings is 3. The number of nitrogens with zero attached hydrogens (tertiary/aromatic N) is 1. The highest BCUT2D eigenvalue weighted by Crippen LogP contribution is 2.45. The molecule has 4 aromatic rings. The number of para-hydroxylation sites is 1. The first-order valence-electron chi connectivity index (χ1n) is 12.0. The highest BCUT2D eigenvalue weighted by molar-refractivity contribution is 6.03. The Bertz CT molecular complexity index is 1510. The van der Waals surface area contributed by atoms with E-state index in [0.717, 1.165) is 57.7 Å². The van der Waals surface area contributed by atoms with Crippen LogP contribution in [0, 0.1) is 0 Å². The van der Waals surface area contributed by atoms with Gasteiger partial charge >= 0.3 is 0 Å². The summed E-state index contributed by atoms with van der Waals surface area (Å²) < 4.78 is 24.9. The average molecular weight is 610 g/mol. The van der Waals surface area contributed by atoms with Gasteiger partial charge in [-0.15, -0.1) is 0 Å². The van der Waals surface area contributed by atoms with Crippen LogP contribution < -0.4 is 52.8 Å². The van der Waals surface area contributed by atoms with Gasteiger partial charge in [0, 0.05) is 23.1 Å². The van der Waals surface area contributed by atoms with E-state index < -0.39 is 5.92 Å². The molecule has 0 saturated heterocycles. The molecule has 190 valence electrons. The number of carbonyl (C=O) groups is 1. The van der Waals surface area contributed by atoms with Crippen LogP contribution in [0.2, 0.25) is 0 Å². The average Bonchev–Trinajstić information content (AvgIpc) is 3.37. The molecule has 1 amide bonds. The maximum Gasteiger partial charge on any atom is 0.231 e. The van der Waals surface area contributed by atoms with E-state index in [1.807, 2.05) is 55.5 Å². The standard InChI is InChI=1S/C29H26N2O5.HI/c1-17(29(32)30-19-7-5-4-6-8-19)26-20-9-10-23(33-2)28(34-3)22(20)15-31-12-11-18-13-24-25(36-16-35-24)14-21(18)27(26)31;/h4-10,13-15,17H,11-12,16H2,1-3H3;1H. The summed E-state index contributed by atoms with van der Waals surface area (Å²) in [6.45, 7) is 2.93. The number of ether oxygens (including phenoxy) is 4. The van der Waals surface area contributed by atoms with Gasteiger partial charge in [0.05, 0.1) is 31.1 Å². The van der Waals surface area contributed by atoms with Gasteiger partial charge in [0.2, 0.25) is 18.4 Å². The number of nitrogens with one attached hydrogen (secondary N) is 1. The highest BCUT2D eigenvalue weighted by Gasteiger charge is 2.35. The molecule has 1 N–H and O–H groups in total. The molecule has 3 heterocycles. The number of hydrogen-bond acceptors (Lipinski definition) is 5. The maximum absolute atomic E-state index is 13.6. The van der Waals surface area contributed by atoms with Crippen molar-refractivity contribution in [1.82, 2.24) is 0 Å². The van der Waals surface area contributed by atoms with Gasteiger partial charge in [0.25, 0.3) is 0 Å². The Kier molecular flexibility index (Phi) is 6.85. The number of rotatable bonds is 5. The van der Waals surface area contributed by atoms with Crippen molar-refractivity contribution in [2.45, 2.75) is 25.8 Å². The van der Waals surface area contributed by atoms with Crippen LogP contribution in [0.5, 0.6) is 23.0 Å². The van der Waals surface area contributed by atoms with E-state index >= 15 is 0 Å². The van der Waals surface area contributed by atoms with Crippen molar-refractivity contribution in [2.24, 2.45) is 0 Å². The van der Waals surface area contributed by atoms with Gasteiger partial charge in [0.1, 0.15) is 0 Å². The predicted molar refractivity (Wildman–Crippen MR) is 136 cm³/mol. The third-order valence-corrected chi connectivity index (χ3v) is 7.04. The van der Waals surface area contributed by atoms with E-state index in [1.165, 1.54) is 5.56 Å². The van der Waals surface area contributed by atoms with Crippen molar-refractivity contribution in [3.8, 4) is 34.3 Å². The lowest BCUT2D eigenvalue weighted by atomic mass is 9.86. The van der Waals surface area contributed by atoms with Gasteiger partial charge in [0.15, 0.2) is 35.7 Å². The minimum atomic E-state index is -0.454. The van der Waals surface area contributed by atoms with Gasteiger partial charge in [-0.2, -0.15) is 4.57 Å². The lowest BCUT2D eigenvalue weighted by Gasteiger charge is -2.23. The minimum absolute atomic E-state index is 0. The van der Waals surface area contributed by atoms with Crippen LogP contribution in [-0.2, 0) is 17.8 Å². The molecule has 1 unspecified atom stereocenters. The molecule has 1 aromatic heterocycles. The molecule has 2 aliphatic rings. The zero-order valence-corrected chi connectivity index (χ0v) is 23.0. The zero-order chi connectivity index (χ0) is 24.8. The summed E-state index contributed by atoms with van der Waals surface area (Å²) in [6.07, 6.45) is 2.94. The lowest BCUT2D eigenvalue weighted by molar-refractivity contribution is -0.686. The molecule has 3 aromatic carbocycles. The Morgan fingerprint density at radius 2 is 1.76 bits per heavy atom. The second kappa shape index (κ2) is 10.1. The summed E-state index contributed by atoms with van der Waals surface area (Å²) in [6, 6.07) is 17.5. The van der Waals surface area contributed by atoms with E-state index in [9.17, 15) is 4.79 Å². The molecule has 0 fully saturated rings. The fourth-order valence-electron chi connectivity index (χ4n) is 5.29. The van der Waals surface area contributed by atoms with E-state index in [0.29, 0.717) is 11.5 Å². The minimum Gasteiger partial charge on any atom is -1.00 e. The number of carbonyl (C=O) groups excluding carboxylic acids is 1. The van der Waals surface area contributed by atoms with E-state index in [-0.39, 0.29) is 36.7 Å². The molecule has 0 aliphatic carbocycles. The molecule has 2 aliphatic heterocycles. The van der Waals surface area contributed by atoms with Crippen molar-refractivity contribution in [1.29, 1.82) is 0 Å². The lowest BCUT2D eigenvalue weighted by Crippen LogP contribution is -3.00. The summed E-state index contributed by atoms with van der Waals surface area (Å²) in [5.41, 5.74) is 4.93. The SMILES string of the molecule is COc1ccc2c(C(C)C(=O)Nc3ccccc3)c3[n+](cc2c1OC)CCc1cc2c(cc1-3)OCO2.[I-]. The molecule has 1 atom stereocenters. The number of aryl methyl sites for hydroxylation is 2. The molecular weight excluding hydrogens is 583 g/mol. The van der Waals surface area contributed by atoms with Crippen LogP contribution in [0.25, 0.3) is 22.0 Å². The van der Waals surface area contributed by atoms with Crippen molar-refractivity contribution < 1.29 is 52.3 Å². The van der Waals surface area contributed by atoms with Crippen molar-refractivity contribution in [3.63, 3.8) is 0 Å². The maximum atomic E-state index is 13.6. The smallest absolute Gasteiger partial charge is 0.231 e. The van der Waals surface area contributed by atoms with Crippen LogP contribution >= 0.6 is 0 Å². The Morgan fingerprint density at radius 1 is 1.00 bits per heavy atom. The summed E-state index contributed by atoms with van der Waals surface area (Å²) >= 11 is 0. The van der Waals surface area contributed by atoms with E-state index in [2.05, 4.69) is 22.1 Å². The molecule has 7 nitrogen and oxygen atoms in total. The zero-order valence-electron chi connectivity index (χ0n) is 20.8. The monoisotopic (exact) mass is 610 g/mol. The largest absolute Gasteiger partial charge is 1.00 e. The number of aromatic nitrogens is 1. The molecular formula is C29H27IN2O5. The molecule has 37 heavy (non-hydrogen) atoms. The first kappa shape index (κ1) is 25.1. The molecule has 0 bridgehead atoms. The first-order valence-corrected chi connectivity index (χ1v) is 12.0. The van der Waals surface area contributed by atoms with Gasteiger partial charge < -0.3 is 48.2 Å². The number of methoxy groups -OCH3 is 2. The third-order valence-electron chi connectivity index (χ3n) is 7.04. The van der Waals surface area contributed by atoms with Crippen molar-refractivity contribution >= 4 is 22.4 Å². The van der Waals surface area contributed by atoms with Gasteiger partial charge in [-0.25, -0.2) is 0 Å². The molecule has 0 saturated carbocycles. The normalized spacial score (nSPS) is 13.7. The number of amides is 1. The van der Waals surface area contributed by atoms with Gasteiger partial charge in [-0.1, -0.05) is 18.2 Å². The van der Waals surface area contributed by atoms with Crippen LogP contribution in [0.15, 0.2) is 60.8 Å². The summed E-state index contributed by atoms with van der Waals surface area (Å²) in [5, 5.41) is 4.93. The van der Waals surface area contributed by atoms with E-state index in [1.54, 1.807) is 14.2 Å². The summed E-state index contributed by atoms with van der Waals surface area (Å²) in [5.74, 6) is 2.26. The van der Waals surface area contributed by atoms with E-state index in [4.69, 9.17) is 18.9 Å². The second-order valence-corrected chi connectivity index (χ2v) is 9.04. The Balaban J connectivity index is 0.00000280. The fourth-order valence-corrected chi connectivity index (χ4v) is 5.29. The quantitative estimate of drug-likeness (QED) is 0.276. The third kappa shape index (κ3) is 4.22. The molecule has 6 rings (SSSR count). The topological polar surface area (TPSA) is 69.9 Å². The molecule has 8 heteroatoms. The Hall–Kier alpha value is -3.53. The number of anilines is 1. The molecule has 0 radical (unpaired) electrons. The van der Waals surface area contributed by atoms with Gasteiger partial charge in [-0.05, 0) is 48.9 Å². The fraction of sp³-hybridized carbons (Fsp3) is 0.241. The highest BCUT2D eigenvalue weighted by atomic mass is 127. The first-order chi connectivity index (χ1) is 17.6. The van der Waals surface area contributed by atoms with Crippen LogP contribution in [-0.4, -0.2) is 26.9 Å². The Morgan fingerprint density at radius 3 is 2.49 bits per heavy atom. The number of fused-ring (bicyclic) bond motifs is 5. The van der Waals surface area contributed by atoms with Crippen LogP contribution in [0.1, 0.15) is 24.0 Å². The summed E-state index contributed by atoms with van der Waals surface area (Å²) in [4.78, 5) is 13.6. The number of pyridine rings is 1. The predicted octanol–water partition coefficient (Wildman–Crippen LogP) is 1.84. The van der Waals surface area contributed by atoms with Crippen LogP contribution in [0.3, 0.4) is 0 Å². The number of hydrogen-bond donors (Lipinski definition) is 1. The Labute approximate surface area is 232 Å². The molecule has 0 spiro atoms. The van der Waals surface area contributed by atoms with Gasteiger partial charge in [-0.3, -0.25) is 4.79 Å².